The summed E-state index contributed by atoms with van der Waals surface area (Å²) >= 11 is 0. The second kappa shape index (κ2) is 17.1. The zero-order chi connectivity index (χ0) is 32.0. The molecule has 0 aliphatic heterocycles. The number of hydrogen-bond acceptors (Lipinski definition) is 7. The Morgan fingerprint density at radius 3 is 1.51 bits per heavy atom. The number of nitrogens with zero attached hydrogens (tertiary/aromatic N) is 2. The highest BCUT2D eigenvalue weighted by atomic mass is 16.6. The van der Waals surface area contributed by atoms with Gasteiger partial charge in [0, 0.05) is 12.1 Å². The Balaban J connectivity index is 0.000000317. The first-order valence-corrected chi connectivity index (χ1v) is 15.5. The molecule has 3 rings (SSSR count). The number of benzene rings is 1. The Morgan fingerprint density at radius 2 is 1.12 bits per heavy atom. The minimum absolute atomic E-state index is 0.00435. The third-order valence-electron chi connectivity index (χ3n) is 7.13. The van der Waals surface area contributed by atoms with Crippen LogP contribution in [0.5, 0.6) is 0 Å². The van der Waals surface area contributed by atoms with E-state index in [1.807, 2.05) is 51.1 Å². The summed E-state index contributed by atoms with van der Waals surface area (Å²) in [7, 11) is 0. The van der Waals surface area contributed by atoms with Gasteiger partial charge in [0.2, 0.25) is 0 Å². The van der Waals surface area contributed by atoms with E-state index in [1.165, 1.54) is 11.3 Å². The number of carboxylic acids is 1. The maximum absolute atomic E-state index is 12.6. The fourth-order valence-electron chi connectivity index (χ4n) is 5.18. The molecule has 1 aromatic rings. The van der Waals surface area contributed by atoms with Crippen molar-refractivity contribution in [1.29, 1.82) is 0 Å². The molecular weight excluding hydrogens is 552 g/mol. The lowest BCUT2D eigenvalue weighted by Crippen LogP contribution is -2.47. The topological polar surface area (TPSA) is 123 Å². The molecule has 2 aliphatic rings. The van der Waals surface area contributed by atoms with Gasteiger partial charge in [0.25, 0.3) is 0 Å². The van der Waals surface area contributed by atoms with Crippen LogP contribution >= 0.6 is 0 Å². The highest BCUT2D eigenvalue weighted by Gasteiger charge is 2.32. The van der Waals surface area contributed by atoms with Gasteiger partial charge in [0.15, 0.2) is 0 Å². The van der Waals surface area contributed by atoms with Crippen molar-refractivity contribution in [2.75, 3.05) is 13.1 Å². The lowest BCUT2D eigenvalue weighted by molar-refractivity contribution is -0.147. The Labute approximate surface area is 257 Å². The van der Waals surface area contributed by atoms with Crippen molar-refractivity contribution >= 4 is 24.1 Å². The Morgan fingerprint density at radius 1 is 0.698 bits per heavy atom. The molecule has 1 N–H and O–H groups in total. The number of ether oxygens (including phenoxy) is 3. The molecule has 10 heteroatoms. The van der Waals surface area contributed by atoms with Gasteiger partial charge in [0.1, 0.15) is 30.9 Å². The van der Waals surface area contributed by atoms with Crippen molar-refractivity contribution in [3.8, 4) is 0 Å². The largest absolute Gasteiger partial charge is 0.480 e. The molecule has 2 amide bonds. The van der Waals surface area contributed by atoms with E-state index in [9.17, 15) is 19.2 Å². The standard InChI is InChI=1S/C20H29NO4.C13H23NO4/c1-20(2,3)25-19(23)21(17-12-8-5-9-13-17)14-18(22)24-15-16-10-6-4-7-11-16;1-13(2,3)18-12(17)14(9-11(15)16)10-7-5-4-6-8-10/h4,6-7,10-11,17H,5,8-9,12-15H2,1-3H3;10H,4-9H2,1-3H3,(H,15,16). The average Bonchev–Trinajstić information content (AvgIpc) is 2.93. The smallest absolute Gasteiger partial charge is 0.411 e. The van der Waals surface area contributed by atoms with E-state index in [-0.39, 0.29) is 31.8 Å². The van der Waals surface area contributed by atoms with Crippen molar-refractivity contribution in [2.24, 2.45) is 0 Å². The molecule has 10 nitrogen and oxygen atoms in total. The van der Waals surface area contributed by atoms with Crippen molar-refractivity contribution in [3.63, 3.8) is 0 Å². The highest BCUT2D eigenvalue weighted by molar-refractivity contribution is 5.78. The first kappa shape index (κ1) is 35.9. The molecule has 2 fully saturated rings. The molecule has 2 aliphatic carbocycles. The molecule has 2 saturated carbocycles. The van der Waals surface area contributed by atoms with Crippen LogP contribution in [0.25, 0.3) is 0 Å². The van der Waals surface area contributed by atoms with Gasteiger partial charge in [-0.1, -0.05) is 68.9 Å². The quantitative estimate of drug-likeness (QED) is 0.250. The van der Waals surface area contributed by atoms with Gasteiger partial charge in [-0.3, -0.25) is 19.4 Å². The van der Waals surface area contributed by atoms with E-state index in [1.54, 1.807) is 25.7 Å². The fraction of sp³-hybridized carbons (Fsp3) is 0.697. The molecule has 1 aromatic carbocycles. The molecule has 0 unspecified atom stereocenters. The van der Waals surface area contributed by atoms with Gasteiger partial charge in [-0.05, 0) is 72.8 Å². The molecule has 0 radical (unpaired) electrons. The SMILES string of the molecule is CC(C)(C)OC(=O)N(CC(=O)O)C1CCCCC1.CC(C)(C)OC(=O)N(CC(=O)OCc1ccccc1)C1CCCCC1. The Bertz CT molecular complexity index is 1020. The number of carboxylic acid groups (broad SMARTS) is 1. The lowest BCUT2D eigenvalue weighted by atomic mass is 9.94. The van der Waals surface area contributed by atoms with Crippen LogP contribution in [0.3, 0.4) is 0 Å². The van der Waals surface area contributed by atoms with E-state index >= 15 is 0 Å². The zero-order valence-electron chi connectivity index (χ0n) is 26.9. The summed E-state index contributed by atoms with van der Waals surface area (Å²) in [6.07, 6.45) is 9.17. The predicted octanol–water partition coefficient (Wildman–Crippen LogP) is 6.94. The number of rotatable bonds is 8. The van der Waals surface area contributed by atoms with Gasteiger partial charge in [-0.25, -0.2) is 9.59 Å². The molecule has 0 aromatic heterocycles. The first-order valence-electron chi connectivity index (χ1n) is 15.5. The van der Waals surface area contributed by atoms with Crippen LogP contribution in [0, 0.1) is 0 Å². The van der Waals surface area contributed by atoms with Crippen LogP contribution in [0.4, 0.5) is 9.59 Å². The van der Waals surface area contributed by atoms with E-state index < -0.39 is 35.3 Å². The van der Waals surface area contributed by atoms with Gasteiger partial charge in [0.05, 0.1) is 0 Å². The monoisotopic (exact) mass is 604 g/mol. The summed E-state index contributed by atoms with van der Waals surface area (Å²) in [6, 6.07) is 9.58. The first-order chi connectivity index (χ1) is 20.1. The molecule has 0 atom stereocenters. The van der Waals surface area contributed by atoms with E-state index in [2.05, 4.69) is 0 Å². The minimum Gasteiger partial charge on any atom is -0.480 e. The van der Waals surface area contributed by atoms with E-state index in [0.717, 1.165) is 63.4 Å². The van der Waals surface area contributed by atoms with Crippen LogP contribution in [-0.4, -0.2) is 75.4 Å². The molecule has 242 valence electrons. The predicted molar refractivity (Wildman–Crippen MR) is 163 cm³/mol. The normalized spacial score (nSPS) is 16.2. The van der Waals surface area contributed by atoms with Gasteiger partial charge in [-0.2, -0.15) is 0 Å². The summed E-state index contributed by atoms with van der Waals surface area (Å²) < 4.78 is 16.1. The molecule has 43 heavy (non-hydrogen) atoms. The highest BCUT2D eigenvalue weighted by Crippen LogP contribution is 2.25. The van der Waals surface area contributed by atoms with E-state index in [0.29, 0.717) is 0 Å². The number of hydrogen-bond donors (Lipinski definition) is 1. The lowest BCUT2D eigenvalue weighted by Gasteiger charge is -2.34. The molecular formula is C33H52N2O8. The maximum atomic E-state index is 12.6. The Kier molecular flexibility index (Phi) is 14.3. The number of amides is 2. The number of carbonyl (C=O) groups excluding carboxylic acids is 3. The number of aliphatic carboxylic acids is 1. The van der Waals surface area contributed by atoms with Crippen molar-refractivity contribution in [3.05, 3.63) is 35.9 Å². The van der Waals surface area contributed by atoms with Crippen molar-refractivity contribution in [2.45, 2.75) is 136 Å². The maximum Gasteiger partial charge on any atom is 0.411 e. The second-order valence-electron chi connectivity index (χ2n) is 13.3. The van der Waals surface area contributed by atoms with Crippen LogP contribution in [0.15, 0.2) is 30.3 Å². The van der Waals surface area contributed by atoms with Gasteiger partial charge < -0.3 is 19.3 Å². The minimum atomic E-state index is -0.994. The second-order valence-corrected chi connectivity index (χ2v) is 13.3. The van der Waals surface area contributed by atoms with Crippen molar-refractivity contribution < 1.29 is 38.5 Å². The average molecular weight is 605 g/mol. The van der Waals surface area contributed by atoms with Gasteiger partial charge >= 0.3 is 24.1 Å². The molecule has 0 bridgehead atoms. The summed E-state index contributed by atoms with van der Waals surface area (Å²) in [5, 5.41) is 8.91. The number of esters is 1. The molecule has 0 spiro atoms. The number of carbonyl (C=O) groups is 4. The summed E-state index contributed by atoms with van der Waals surface area (Å²) in [4.78, 5) is 50.7. The zero-order valence-corrected chi connectivity index (χ0v) is 26.9. The Hall–Kier alpha value is -3.30. The van der Waals surface area contributed by atoms with Crippen LogP contribution < -0.4 is 0 Å². The van der Waals surface area contributed by atoms with Crippen LogP contribution in [0.2, 0.25) is 0 Å². The third kappa shape index (κ3) is 14.6. The van der Waals surface area contributed by atoms with E-state index in [4.69, 9.17) is 19.3 Å². The summed E-state index contributed by atoms with van der Waals surface area (Å²) in [5.41, 5.74) is -0.252. The fourth-order valence-corrected chi connectivity index (χ4v) is 5.18. The summed E-state index contributed by atoms with van der Waals surface area (Å²) in [6.45, 7) is 10.7. The van der Waals surface area contributed by atoms with Crippen LogP contribution in [0.1, 0.15) is 111 Å². The van der Waals surface area contributed by atoms with Crippen molar-refractivity contribution in [1.82, 2.24) is 9.80 Å². The third-order valence-corrected chi connectivity index (χ3v) is 7.13. The molecule has 0 saturated heterocycles. The molecule has 0 heterocycles. The summed E-state index contributed by atoms with van der Waals surface area (Å²) in [5.74, 6) is -1.40. The van der Waals surface area contributed by atoms with Gasteiger partial charge in [-0.15, -0.1) is 0 Å². The van der Waals surface area contributed by atoms with Crippen LogP contribution in [-0.2, 0) is 30.4 Å².